The third kappa shape index (κ3) is 3.68. The van der Waals surface area contributed by atoms with E-state index in [2.05, 4.69) is 20.6 Å². The highest BCUT2D eigenvalue weighted by molar-refractivity contribution is 6.41. The highest BCUT2D eigenvalue weighted by atomic mass is 35.5. The molecule has 1 fully saturated rings. The van der Waals surface area contributed by atoms with Crippen molar-refractivity contribution < 1.29 is 9.59 Å². The summed E-state index contributed by atoms with van der Waals surface area (Å²) in [5.41, 5.74) is 1.43. The van der Waals surface area contributed by atoms with Crippen LogP contribution in [0.1, 0.15) is 6.42 Å². The van der Waals surface area contributed by atoms with E-state index in [9.17, 15) is 9.59 Å². The van der Waals surface area contributed by atoms with Crippen molar-refractivity contribution in [3.05, 3.63) is 41.7 Å². The van der Waals surface area contributed by atoms with E-state index < -0.39 is 11.8 Å². The van der Waals surface area contributed by atoms with E-state index in [1.807, 2.05) is 13.2 Å². The van der Waals surface area contributed by atoms with Crippen molar-refractivity contribution >= 4 is 34.8 Å². The van der Waals surface area contributed by atoms with E-state index in [1.165, 1.54) is 0 Å². The van der Waals surface area contributed by atoms with Gasteiger partial charge in [0.2, 0.25) is 0 Å². The number of hydrogen-bond donors (Lipinski definition) is 2. The molecule has 2 heterocycles. The molecule has 24 heavy (non-hydrogen) atoms. The molecule has 2 N–H and O–H groups in total. The molecule has 8 heteroatoms. The number of amides is 2. The van der Waals surface area contributed by atoms with Crippen LogP contribution in [-0.2, 0) is 16.6 Å². The van der Waals surface area contributed by atoms with E-state index in [1.54, 1.807) is 35.1 Å². The minimum Gasteiger partial charge on any atom is -0.367 e. The normalized spacial score (nSPS) is 16.9. The minimum absolute atomic E-state index is 0.0744. The number of halogens is 1. The van der Waals surface area contributed by atoms with Gasteiger partial charge in [0.25, 0.3) is 0 Å². The van der Waals surface area contributed by atoms with Crippen LogP contribution in [0.4, 0.5) is 11.4 Å². The first-order valence-electron chi connectivity index (χ1n) is 7.63. The Morgan fingerprint density at radius 3 is 2.79 bits per heavy atom. The third-order valence-corrected chi connectivity index (χ3v) is 4.24. The fourth-order valence-corrected chi connectivity index (χ4v) is 2.86. The summed E-state index contributed by atoms with van der Waals surface area (Å²) in [7, 11) is 1.86. The van der Waals surface area contributed by atoms with Gasteiger partial charge in [0.1, 0.15) is 0 Å². The topological polar surface area (TPSA) is 79.3 Å². The molecule has 1 aliphatic rings. The van der Waals surface area contributed by atoms with Gasteiger partial charge in [0.15, 0.2) is 0 Å². The first-order chi connectivity index (χ1) is 11.5. The number of hydrogen-bond acceptors (Lipinski definition) is 4. The third-order valence-electron chi connectivity index (χ3n) is 3.91. The van der Waals surface area contributed by atoms with Gasteiger partial charge >= 0.3 is 11.8 Å². The molecule has 126 valence electrons. The molecule has 1 atom stereocenters. The SMILES string of the molecule is Cn1cc(N2CCC(NC(=O)C(=O)Nc3ccccc3Cl)C2)cn1. The average molecular weight is 348 g/mol. The van der Waals surface area contributed by atoms with E-state index >= 15 is 0 Å². The van der Waals surface area contributed by atoms with Gasteiger partial charge in [-0.25, -0.2) is 0 Å². The maximum atomic E-state index is 12.1. The van der Waals surface area contributed by atoms with Crippen LogP contribution in [0.25, 0.3) is 0 Å². The molecule has 1 aromatic carbocycles. The molecule has 0 spiro atoms. The van der Waals surface area contributed by atoms with Gasteiger partial charge in [0.05, 0.1) is 22.6 Å². The number of aromatic nitrogens is 2. The number of anilines is 2. The molecule has 0 aliphatic carbocycles. The number of rotatable bonds is 3. The summed E-state index contributed by atoms with van der Waals surface area (Å²) < 4.78 is 1.73. The molecular formula is C16H18ClN5O2. The number of nitrogens with zero attached hydrogens (tertiary/aromatic N) is 3. The van der Waals surface area contributed by atoms with Gasteiger partial charge in [-0.3, -0.25) is 14.3 Å². The lowest BCUT2D eigenvalue weighted by Crippen LogP contribution is -2.43. The van der Waals surface area contributed by atoms with E-state index in [-0.39, 0.29) is 6.04 Å². The van der Waals surface area contributed by atoms with Gasteiger partial charge in [-0.2, -0.15) is 5.10 Å². The smallest absolute Gasteiger partial charge is 0.313 e. The summed E-state index contributed by atoms with van der Waals surface area (Å²) in [5.74, 6) is -1.38. The molecule has 0 saturated carbocycles. The molecule has 7 nitrogen and oxygen atoms in total. The molecule has 0 bridgehead atoms. The Balaban J connectivity index is 1.53. The Labute approximate surface area is 144 Å². The predicted octanol–water partition coefficient (Wildman–Crippen LogP) is 1.41. The second kappa shape index (κ2) is 6.92. The zero-order chi connectivity index (χ0) is 17.1. The fourth-order valence-electron chi connectivity index (χ4n) is 2.68. The molecule has 3 rings (SSSR count). The first kappa shape index (κ1) is 16.3. The van der Waals surface area contributed by atoms with Crippen LogP contribution in [0.15, 0.2) is 36.7 Å². The summed E-state index contributed by atoms with van der Waals surface area (Å²) >= 11 is 5.97. The summed E-state index contributed by atoms with van der Waals surface area (Å²) in [5, 5.41) is 9.81. The van der Waals surface area contributed by atoms with Crippen molar-refractivity contribution in [2.45, 2.75) is 12.5 Å². The maximum Gasteiger partial charge on any atom is 0.313 e. The van der Waals surface area contributed by atoms with Crippen LogP contribution in [0.5, 0.6) is 0 Å². The standard InChI is InChI=1S/C16H18ClN5O2/c1-21-10-12(8-18-21)22-7-6-11(9-22)19-15(23)16(24)20-14-5-3-2-4-13(14)17/h2-5,8,10-11H,6-7,9H2,1H3,(H,19,23)(H,20,24). The minimum atomic E-state index is -0.720. The molecular weight excluding hydrogens is 330 g/mol. The number of aryl methyl sites for hydroxylation is 1. The first-order valence-corrected chi connectivity index (χ1v) is 8.00. The fraction of sp³-hybridized carbons (Fsp3) is 0.312. The number of carbonyl (C=O) groups excluding carboxylic acids is 2. The Kier molecular flexibility index (Phi) is 4.71. The molecule has 1 unspecified atom stereocenters. The lowest BCUT2D eigenvalue weighted by Gasteiger charge is -2.16. The number of carbonyl (C=O) groups is 2. The van der Waals surface area contributed by atoms with Crippen molar-refractivity contribution in [3.63, 3.8) is 0 Å². The van der Waals surface area contributed by atoms with E-state index in [4.69, 9.17) is 11.6 Å². The Morgan fingerprint density at radius 2 is 2.08 bits per heavy atom. The van der Waals surface area contributed by atoms with Crippen LogP contribution in [0.2, 0.25) is 5.02 Å². The highest BCUT2D eigenvalue weighted by Crippen LogP contribution is 2.21. The van der Waals surface area contributed by atoms with Crippen molar-refractivity contribution in [1.82, 2.24) is 15.1 Å². The van der Waals surface area contributed by atoms with E-state index in [0.29, 0.717) is 17.3 Å². The van der Waals surface area contributed by atoms with Crippen LogP contribution >= 0.6 is 11.6 Å². The molecule has 1 aliphatic heterocycles. The van der Waals surface area contributed by atoms with Crippen LogP contribution in [0, 0.1) is 0 Å². The predicted molar refractivity (Wildman–Crippen MR) is 92.1 cm³/mol. The Hall–Kier alpha value is -2.54. The van der Waals surface area contributed by atoms with Gasteiger partial charge in [-0.05, 0) is 18.6 Å². The lowest BCUT2D eigenvalue weighted by molar-refractivity contribution is -0.136. The van der Waals surface area contributed by atoms with Crippen LogP contribution in [-0.4, -0.2) is 40.7 Å². The molecule has 0 radical (unpaired) electrons. The summed E-state index contributed by atoms with van der Waals surface area (Å²) in [6, 6.07) is 6.71. The van der Waals surface area contributed by atoms with Crippen molar-refractivity contribution in [2.75, 3.05) is 23.3 Å². The summed E-state index contributed by atoms with van der Waals surface area (Å²) in [6.07, 6.45) is 4.49. The van der Waals surface area contributed by atoms with Gasteiger partial charge in [-0.1, -0.05) is 23.7 Å². The monoisotopic (exact) mass is 347 g/mol. The zero-order valence-electron chi connectivity index (χ0n) is 13.2. The molecule has 2 aromatic rings. The van der Waals surface area contributed by atoms with Crippen LogP contribution in [0.3, 0.4) is 0 Å². The Bertz CT molecular complexity index is 760. The number of benzene rings is 1. The molecule has 1 aromatic heterocycles. The van der Waals surface area contributed by atoms with Crippen molar-refractivity contribution in [1.29, 1.82) is 0 Å². The number of nitrogens with one attached hydrogen (secondary N) is 2. The largest absolute Gasteiger partial charge is 0.367 e. The van der Waals surface area contributed by atoms with Gasteiger partial charge in [-0.15, -0.1) is 0 Å². The molecule has 1 saturated heterocycles. The maximum absolute atomic E-state index is 12.1. The summed E-state index contributed by atoms with van der Waals surface area (Å²) in [6.45, 7) is 1.46. The lowest BCUT2D eigenvalue weighted by atomic mass is 10.2. The van der Waals surface area contributed by atoms with Gasteiger partial charge in [0, 0.05) is 32.4 Å². The Morgan fingerprint density at radius 1 is 1.29 bits per heavy atom. The zero-order valence-corrected chi connectivity index (χ0v) is 14.0. The van der Waals surface area contributed by atoms with Crippen LogP contribution < -0.4 is 15.5 Å². The number of para-hydroxylation sites is 1. The van der Waals surface area contributed by atoms with Crippen molar-refractivity contribution in [2.24, 2.45) is 7.05 Å². The summed E-state index contributed by atoms with van der Waals surface area (Å²) in [4.78, 5) is 26.2. The average Bonchev–Trinajstić information content (AvgIpc) is 3.18. The van der Waals surface area contributed by atoms with Gasteiger partial charge < -0.3 is 15.5 Å². The second-order valence-electron chi connectivity index (χ2n) is 5.71. The van der Waals surface area contributed by atoms with E-state index in [0.717, 1.165) is 18.7 Å². The molecule has 2 amide bonds. The quantitative estimate of drug-likeness (QED) is 0.823. The second-order valence-corrected chi connectivity index (χ2v) is 6.12. The highest BCUT2D eigenvalue weighted by Gasteiger charge is 2.27. The van der Waals surface area contributed by atoms with Crippen molar-refractivity contribution in [3.8, 4) is 0 Å².